The van der Waals surface area contributed by atoms with E-state index in [2.05, 4.69) is 0 Å². The molecule has 2 aliphatic rings. The van der Waals surface area contributed by atoms with Crippen molar-refractivity contribution in [1.29, 1.82) is 0 Å². The summed E-state index contributed by atoms with van der Waals surface area (Å²) >= 11 is 0. The van der Waals surface area contributed by atoms with Crippen LogP contribution in [-0.4, -0.2) is 16.7 Å². The Kier molecular flexibility index (Phi) is 3.23. The SMILES string of the molecule is O=C1C=CC(=O)N1[C@H]1C[C@H](Oc2ccccc2)c2ccccc21. The van der Waals surface area contributed by atoms with Crippen molar-refractivity contribution in [2.45, 2.75) is 18.6 Å². The average molecular weight is 305 g/mol. The first kappa shape index (κ1) is 13.8. The number of nitrogens with zero attached hydrogens (tertiary/aromatic N) is 1. The maximum atomic E-state index is 12.0. The number of rotatable bonds is 3. The lowest BCUT2D eigenvalue weighted by atomic mass is 10.1. The van der Waals surface area contributed by atoms with Gasteiger partial charge < -0.3 is 4.74 Å². The second-order valence-electron chi connectivity index (χ2n) is 5.68. The molecule has 0 radical (unpaired) electrons. The van der Waals surface area contributed by atoms with Gasteiger partial charge in [0.15, 0.2) is 0 Å². The van der Waals surface area contributed by atoms with Crippen LogP contribution < -0.4 is 4.74 Å². The molecule has 0 saturated carbocycles. The normalized spacial score (nSPS) is 22.5. The smallest absolute Gasteiger partial charge is 0.254 e. The van der Waals surface area contributed by atoms with Gasteiger partial charge in [-0.05, 0) is 23.3 Å². The van der Waals surface area contributed by atoms with E-state index in [-0.39, 0.29) is 24.0 Å². The van der Waals surface area contributed by atoms with Crippen LogP contribution in [0.4, 0.5) is 0 Å². The first-order valence-electron chi connectivity index (χ1n) is 7.60. The van der Waals surface area contributed by atoms with Gasteiger partial charge in [0.2, 0.25) is 0 Å². The Morgan fingerprint density at radius 1 is 0.826 bits per heavy atom. The molecule has 0 N–H and O–H groups in total. The summed E-state index contributed by atoms with van der Waals surface area (Å²) in [5.74, 6) is 0.274. The van der Waals surface area contributed by atoms with Crippen LogP contribution in [0.15, 0.2) is 66.7 Å². The van der Waals surface area contributed by atoms with Crippen LogP contribution in [0.1, 0.15) is 29.7 Å². The second-order valence-corrected chi connectivity index (χ2v) is 5.68. The highest BCUT2D eigenvalue weighted by atomic mass is 16.5. The van der Waals surface area contributed by atoms with Gasteiger partial charge in [0.1, 0.15) is 11.9 Å². The molecule has 0 fully saturated rings. The molecule has 4 nitrogen and oxygen atoms in total. The van der Waals surface area contributed by atoms with E-state index >= 15 is 0 Å². The van der Waals surface area contributed by atoms with E-state index in [1.54, 1.807) is 0 Å². The molecule has 114 valence electrons. The lowest BCUT2D eigenvalue weighted by Gasteiger charge is -2.23. The van der Waals surface area contributed by atoms with Crippen molar-refractivity contribution in [2.24, 2.45) is 0 Å². The van der Waals surface area contributed by atoms with E-state index in [4.69, 9.17) is 4.74 Å². The largest absolute Gasteiger partial charge is 0.486 e. The molecule has 0 bridgehead atoms. The first-order valence-corrected chi connectivity index (χ1v) is 7.60. The van der Waals surface area contributed by atoms with Crippen LogP contribution in [-0.2, 0) is 9.59 Å². The summed E-state index contributed by atoms with van der Waals surface area (Å²) in [6, 6.07) is 17.2. The van der Waals surface area contributed by atoms with Gasteiger partial charge in [-0.15, -0.1) is 0 Å². The number of carbonyl (C=O) groups excluding carboxylic acids is 2. The van der Waals surface area contributed by atoms with Crippen LogP contribution in [0.2, 0.25) is 0 Å². The van der Waals surface area contributed by atoms with Crippen molar-refractivity contribution in [2.75, 3.05) is 0 Å². The maximum Gasteiger partial charge on any atom is 0.254 e. The molecule has 4 rings (SSSR count). The van der Waals surface area contributed by atoms with Crippen LogP contribution in [0.25, 0.3) is 0 Å². The molecule has 0 unspecified atom stereocenters. The summed E-state index contributed by atoms with van der Waals surface area (Å²) in [5.41, 5.74) is 2.02. The van der Waals surface area contributed by atoms with Gasteiger partial charge in [-0.3, -0.25) is 14.5 Å². The van der Waals surface area contributed by atoms with E-state index in [0.29, 0.717) is 6.42 Å². The predicted molar refractivity (Wildman–Crippen MR) is 84.6 cm³/mol. The van der Waals surface area contributed by atoms with Crippen LogP contribution >= 0.6 is 0 Å². The number of fused-ring (bicyclic) bond motifs is 1. The zero-order chi connectivity index (χ0) is 15.8. The van der Waals surface area contributed by atoms with Crippen molar-refractivity contribution in [3.63, 3.8) is 0 Å². The van der Waals surface area contributed by atoms with Crippen LogP contribution in [0, 0.1) is 0 Å². The topological polar surface area (TPSA) is 46.6 Å². The molecule has 2 aromatic rings. The van der Waals surface area contributed by atoms with Gasteiger partial charge >= 0.3 is 0 Å². The summed E-state index contributed by atoms with van der Waals surface area (Å²) in [5, 5.41) is 0. The second kappa shape index (κ2) is 5.39. The summed E-state index contributed by atoms with van der Waals surface area (Å²) in [6.45, 7) is 0. The third-order valence-electron chi connectivity index (χ3n) is 4.32. The monoisotopic (exact) mass is 305 g/mol. The number of imide groups is 1. The Morgan fingerprint density at radius 3 is 2.13 bits per heavy atom. The molecule has 0 spiro atoms. The Hall–Kier alpha value is -2.88. The average Bonchev–Trinajstić information content (AvgIpc) is 3.09. The lowest BCUT2D eigenvalue weighted by Crippen LogP contribution is -2.33. The fraction of sp³-hybridized carbons (Fsp3) is 0.158. The van der Waals surface area contributed by atoms with Crippen molar-refractivity contribution in [3.8, 4) is 5.75 Å². The highest BCUT2D eigenvalue weighted by Gasteiger charge is 2.41. The number of amides is 2. The van der Waals surface area contributed by atoms with Crippen molar-refractivity contribution < 1.29 is 14.3 Å². The van der Waals surface area contributed by atoms with Gasteiger partial charge in [0, 0.05) is 18.6 Å². The molecular formula is C19H15NO3. The quantitative estimate of drug-likeness (QED) is 0.818. The van der Waals surface area contributed by atoms with Crippen molar-refractivity contribution >= 4 is 11.8 Å². The Balaban J connectivity index is 1.67. The molecule has 0 aromatic heterocycles. The fourth-order valence-electron chi connectivity index (χ4n) is 3.30. The molecule has 2 aromatic carbocycles. The number of para-hydroxylation sites is 1. The Labute approximate surface area is 134 Å². The summed E-state index contributed by atoms with van der Waals surface area (Å²) in [4.78, 5) is 25.4. The molecule has 1 aliphatic heterocycles. The standard InChI is InChI=1S/C19H15NO3/c21-18-10-11-19(22)20(18)16-12-17(15-9-5-4-8-14(15)16)23-13-6-2-1-3-7-13/h1-11,16-17H,12H2/t16-,17-/m0/s1. The van der Waals surface area contributed by atoms with Crippen molar-refractivity contribution in [1.82, 2.24) is 4.90 Å². The molecule has 4 heteroatoms. The highest BCUT2D eigenvalue weighted by molar-refractivity contribution is 6.13. The Bertz CT molecular complexity index is 779. The zero-order valence-corrected chi connectivity index (χ0v) is 12.4. The predicted octanol–water partition coefficient (Wildman–Crippen LogP) is 3.18. The summed E-state index contributed by atoms with van der Waals surface area (Å²) < 4.78 is 6.09. The molecular weight excluding hydrogens is 290 g/mol. The van der Waals surface area contributed by atoms with Crippen LogP contribution in [0.5, 0.6) is 5.75 Å². The maximum absolute atomic E-state index is 12.0. The number of carbonyl (C=O) groups is 2. The number of ether oxygens (including phenoxy) is 1. The molecule has 23 heavy (non-hydrogen) atoms. The zero-order valence-electron chi connectivity index (χ0n) is 12.4. The third kappa shape index (κ3) is 2.32. The molecule has 1 heterocycles. The van der Waals surface area contributed by atoms with Crippen molar-refractivity contribution in [3.05, 3.63) is 77.9 Å². The first-order chi connectivity index (χ1) is 11.2. The van der Waals surface area contributed by atoms with Gasteiger partial charge in [0.25, 0.3) is 11.8 Å². The van der Waals surface area contributed by atoms with E-state index in [1.165, 1.54) is 17.1 Å². The van der Waals surface area contributed by atoms with Gasteiger partial charge in [-0.25, -0.2) is 0 Å². The number of hydrogen-bond acceptors (Lipinski definition) is 3. The molecule has 0 saturated heterocycles. The Morgan fingerprint density at radius 2 is 1.43 bits per heavy atom. The lowest BCUT2D eigenvalue weighted by molar-refractivity contribution is -0.139. The molecule has 1 aliphatic carbocycles. The summed E-state index contributed by atoms with van der Waals surface area (Å²) in [7, 11) is 0. The van der Waals surface area contributed by atoms with E-state index in [0.717, 1.165) is 16.9 Å². The minimum atomic E-state index is -0.269. The number of hydrogen-bond donors (Lipinski definition) is 0. The molecule has 2 amide bonds. The minimum absolute atomic E-state index is 0.167. The molecule has 2 atom stereocenters. The fourth-order valence-corrected chi connectivity index (χ4v) is 3.30. The summed E-state index contributed by atoms with van der Waals surface area (Å²) in [6.07, 6.45) is 3.07. The van der Waals surface area contributed by atoms with Crippen LogP contribution in [0.3, 0.4) is 0 Å². The van der Waals surface area contributed by atoms with Gasteiger partial charge in [0.05, 0.1) is 6.04 Å². The van der Waals surface area contributed by atoms with Gasteiger partial charge in [-0.2, -0.15) is 0 Å². The number of benzene rings is 2. The minimum Gasteiger partial charge on any atom is -0.486 e. The van der Waals surface area contributed by atoms with E-state index < -0.39 is 0 Å². The van der Waals surface area contributed by atoms with E-state index in [1.807, 2.05) is 54.6 Å². The van der Waals surface area contributed by atoms with Gasteiger partial charge in [-0.1, -0.05) is 42.5 Å². The highest BCUT2D eigenvalue weighted by Crippen LogP contribution is 2.45. The van der Waals surface area contributed by atoms with E-state index in [9.17, 15) is 9.59 Å². The third-order valence-corrected chi connectivity index (χ3v) is 4.32.